The number of hydrogen-bond acceptors (Lipinski definition) is 2. The Morgan fingerprint density at radius 3 is 3.00 bits per heavy atom. The number of rotatable bonds is 1. The number of amides is 2. The lowest BCUT2D eigenvalue weighted by Gasteiger charge is -2.39. The molecule has 4 heteroatoms. The predicted molar refractivity (Wildman–Crippen MR) is 64.0 cm³/mol. The molecular weight excluding hydrogens is 202 g/mol. The molecule has 2 aliphatic carbocycles. The predicted octanol–water partition coefficient (Wildman–Crippen LogP) is 2.31. The lowest BCUT2D eigenvalue weighted by Crippen LogP contribution is -2.30. The van der Waals surface area contributed by atoms with Gasteiger partial charge in [-0.3, -0.25) is 0 Å². The number of allylic oxidation sites excluding steroid dienone is 2. The average molecular weight is 221 g/mol. The zero-order valence-electron chi connectivity index (χ0n) is 9.75. The topological polar surface area (TPSA) is 67.5 Å². The number of nitrogens with one attached hydrogen (secondary N) is 1. The van der Waals surface area contributed by atoms with Gasteiger partial charge >= 0.3 is 6.03 Å². The molecule has 0 aromatic rings. The Kier molecular flexibility index (Phi) is 2.99. The molecule has 0 radical (unpaired) electrons. The van der Waals surface area contributed by atoms with Crippen LogP contribution in [0.1, 0.15) is 45.4 Å². The zero-order valence-corrected chi connectivity index (χ0v) is 9.75. The third-order valence-corrected chi connectivity index (χ3v) is 3.78. The molecule has 2 rings (SSSR count). The van der Waals surface area contributed by atoms with Gasteiger partial charge in [0.2, 0.25) is 0 Å². The van der Waals surface area contributed by atoms with E-state index in [0.29, 0.717) is 5.41 Å². The third-order valence-electron chi connectivity index (χ3n) is 3.78. The molecule has 4 nitrogen and oxygen atoms in total. The molecule has 1 atom stereocenters. The minimum absolute atomic E-state index is 0.379. The second kappa shape index (κ2) is 4.28. The number of carbonyl (C=O) groups is 1. The van der Waals surface area contributed by atoms with Crippen LogP contribution < -0.4 is 11.2 Å². The van der Waals surface area contributed by atoms with Gasteiger partial charge in [0.05, 0.1) is 5.71 Å². The number of nitrogens with zero attached hydrogens (tertiary/aromatic N) is 1. The smallest absolute Gasteiger partial charge is 0.332 e. The van der Waals surface area contributed by atoms with Crippen LogP contribution in [0.2, 0.25) is 0 Å². The minimum atomic E-state index is -0.595. The standard InChI is InChI=1S/C12H19N3O/c1-12-6-3-2-4-9(12)8-10(5-7-12)14-15-11(13)16/h8H,2-7H2,1H3,(H3,13,15,16)/b14-10-/t12-/m1/s1. The van der Waals surface area contributed by atoms with Crippen molar-refractivity contribution in [2.75, 3.05) is 0 Å². The normalized spacial score (nSPS) is 31.8. The summed E-state index contributed by atoms with van der Waals surface area (Å²) in [5.74, 6) is 0. The van der Waals surface area contributed by atoms with E-state index in [1.165, 1.54) is 31.3 Å². The van der Waals surface area contributed by atoms with Gasteiger partial charge < -0.3 is 5.73 Å². The van der Waals surface area contributed by atoms with E-state index in [-0.39, 0.29) is 0 Å². The number of carbonyl (C=O) groups excluding carboxylic acids is 1. The first kappa shape index (κ1) is 11.2. The molecule has 1 saturated carbocycles. The molecule has 0 aromatic carbocycles. The van der Waals surface area contributed by atoms with Crippen LogP contribution >= 0.6 is 0 Å². The summed E-state index contributed by atoms with van der Waals surface area (Å²) in [4.78, 5) is 10.6. The van der Waals surface area contributed by atoms with E-state index in [2.05, 4.69) is 23.5 Å². The van der Waals surface area contributed by atoms with Gasteiger partial charge in [-0.05, 0) is 43.6 Å². The number of nitrogens with two attached hydrogens (primary N) is 1. The van der Waals surface area contributed by atoms with Crippen LogP contribution in [0.25, 0.3) is 0 Å². The number of primary amides is 1. The van der Waals surface area contributed by atoms with Crippen molar-refractivity contribution in [3.63, 3.8) is 0 Å². The van der Waals surface area contributed by atoms with E-state index in [1.807, 2.05) is 0 Å². The van der Waals surface area contributed by atoms with Gasteiger partial charge in [-0.15, -0.1) is 0 Å². The summed E-state index contributed by atoms with van der Waals surface area (Å²) in [5, 5.41) is 4.02. The van der Waals surface area contributed by atoms with Crippen LogP contribution in [0.15, 0.2) is 16.8 Å². The van der Waals surface area contributed by atoms with Crippen LogP contribution in [-0.2, 0) is 0 Å². The summed E-state index contributed by atoms with van der Waals surface area (Å²) in [6.45, 7) is 2.34. The number of hydrazone groups is 1. The molecule has 88 valence electrons. The van der Waals surface area contributed by atoms with Gasteiger partial charge in [0.1, 0.15) is 0 Å². The molecule has 2 aliphatic rings. The van der Waals surface area contributed by atoms with Gasteiger partial charge in [-0.2, -0.15) is 5.10 Å². The highest BCUT2D eigenvalue weighted by molar-refractivity contribution is 5.97. The van der Waals surface area contributed by atoms with Crippen molar-refractivity contribution in [1.29, 1.82) is 0 Å². The van der Waals surface area contributed by atoms with Gasteiger partial charge in [0, 0.05) is 0 Å². The van der Waals surface area contributed by atoms with E-state index < -0.39 is 6.03 Å². The fourth-order valence-corrected chi connectivity index (χ4v) is 2.72. The van der Waals surface area contributed by atoms with E-state index in [0.717, 1.165) is 18.6 Å². The number of fused-ring (bicyclic) bond motifs is 1. The van der Waals surface area contributed by atoms with Crippen LogP contribution in [0.4, 0.5) is 4.79 Å². The molecule has 16 heavy (non-hydrogen) atoms. The molecule has 2 amide bonds. The Morgan fingerprint density at radius 1 is 1.44 bits per heavy atom. The molecule has 0 aromatic heterocycles. The fraction of sp³-hybridized carbons (Fsp3) is 0.667. The largest absolute Gasteiger partial charge is 0.350 e. The molecule has 0 heterocycles. The van der Waals surface area contributed by atoms with Crippen molar-refractivity contribution in [2.24, 2.45) is 16.3 Å². The first-order valence-electron chi connectivity index (χ1n) is 5.93. The maximum Gasteiger partial charge on any atom is 0.332 e. The van der Waals surface area contributed by atoms with Gasteiger partial charge in [-0.1, -0.05) is 18.9 Å². The minimum Gasteiger partial charge on any atom is -0.350 e. The maximum absolute atomic E-state index is 10.6. The summed E-state index contributed by atoms with van der Waals surface area (Å²) < 4.78 is 0. The molecular formula is C12H19N3O. The molecule has 1 fully saturated rings. The summed E-state index contributed by atoms with van der Waals surface area (Å²) in [6, 6.07) is -0.595. The molecule has 0 unspecified atom stereocenters. The Balaban J connectivity index is 2.14. The van der Waals surface area contributed by atoms with Crippen molar-refractivity contribution in [3.05, 3.63) is 11.6 Å². The van der Waals surface area contributed by atoms with Crippen LogP contribution in [0.3, 0.4) is 0 Å². The highest BCUT2D eigenvalue weighted by Crippen LogP contribution is 2.46. The van der Waals surface area contributed by atoms with Gasteiger partial charge in [0.15, 0.2) is 0 Å². The van der Waals surface area contributed by atoms with Crippen molar-refractivity contribution >= 4 is 11.7 Å². The van der Waals surface area contributed by atoms with Crippen molar-refractivity contribution in [2.45, 2.75) is 45.4 Å². The Morgan fingerprint density at radius 2 is 2.25 bits per heavy atom. The first-order chi connectivity index (χ1) is 7.60. The Labute approximate surface area is 96.0 Å². The zero-order chi connectivity index (χ0) is 11.6. The van der Waals surface area contributed by atoms with Crippen LogP contribution in [-0.4, -0.2) is 11.7 Å². The number of urea groups is 1. The first-order valence-corrected chi connectivity index (χ1v) is 5.93. The van der Waals surface area contributed by atoms with Gasteiger partial charge in [-0.25, -0.2) is 10.2 Å². The summed E-state index contributed by atoms with van der Waals surface area (Å²) >= 11 is 0. The van der Waals surface area contributed by atoms with Crippen molar-refractivity contribution < 1.29 is 4.79 Å². The maximum atomic E-state index is 10.6. The highest BCUT2D eigenvalue weighted by Gasteiger charge is 2.34. The number of hydrogen-bond donors (Lipinski definition) is 2. The third kappa shape index (κ3) is 2.26. The van der Waals surface area contributed by atoms with Crippen LogP contribution in [0.5, 0.6) is 0 Å². The van der Waals surface area contributed by atoms with E-state index in [4.69, 9.17) is 5.73 Å². The molecule has 3 N–H and O–H groups in total. The van der Waals surface area contributed by atoms with E-state index >= 15 is 0 Å². The van der Waals surface area contributed by atoms with Crippen molar-refractivity contribution in [3.8, 4) is 0 Å². The molecule has 0 bridgehead atoms. The summed E-state index contributed by atoms with van der Waals surface area (Å²) in [5.41, 5.74) is 10.1. The van der Waals surface area contributed by atoms with Crippen LogP contribution in [0, 0.1) is 5.41 Å². The highest BCUT2D eigenvalue weighted by atomic mass is 16.2. The second-order valence-electron chi connectivity index (χ2n) is 5.02. The summed E-state index contributed by atoms with van der Waals surface area (Å²) in [6.07, 6.45) is 9.29. The molecule has 0 saturated heterocycles. The lowest BCUT2D eigenvalue weighted by molar-refractivity contribution is 0.249. The second-order valence-corrected chi connectivity index (χ2v) is 5.02. The molecule has 0 aliphatic heterocycles. The molecule has 0 spiro atoms. The SMILES string of the molecule is C[C@]12CCCCC1=C/C(=N\NC(N)=O)CC2. The lowest BCUT2D eigenvalue weighted by atomic mass is 9.66. The quantitative estimate of drug-likeness (QED) is 0.655. The Hall–Kier alpha value is -1.32. The fourth-order valence-electron chi connectivity index (χ4n) is 2.72. The Bertz CT molecular complexity index is 359. The monoisotopic (exact) mass is 221 g/mol. The average Bonchev–Trinajstić information content (AvgIpc) is 2.26. The van der Waals surface area contributed by atoms with E-state index in [1.54, 1.807) is 0 Å². The van der Waals surface area contributed by atoms with Crippen molar-refractivity contribution in [1.82, 2.24) is 5.43 Å². The van der Waals surface area contributed by atoms with Gasteiger partial charge in [0.25, 0.3) is 0 Å². The summed E-state index contributed by atoms with van der Waals surface area (Å²) in [7, 11) is 0. The van der Waals surface area contributed by atoms with E-state index in [9.17, 15) is 4.79 Å².